The standard InChI is InChI=1S/C16H15N3S/c1-12-6-8-14(9-7-12)20-19-18-11-13-10-17-16-5-3-2-4-15(13)16/h2-11,17,19H,1H3/b18-11+. The fourth-order valence-electron chi connectivity index (χ4n) is 1.98. The van der Waals surface area contributed by atoms with Gasteiger partial charge in [0.1, 0.15) is 0 Å². The van der Waals surface area contributed by atoms with E-state index in [1.54, 1.807) is 0 Å². The van der Waals surface area contributed by atoms with E-state index in [2.05, 4.69) is 58.2 Å². The van der Waals surface area contributed by atoms with Crippen molar-refractivity contribution in [3.8, 4) is 0 Å². The highest BCUT2D eigenvalue weighted by molar-refractivity contribution is 7.97. The van der Waals surface area contributed by atoms with Crippen LogP contribution in [0.4, 0.5) is 0 Å². The summed E-state index contributed by atoms with van der Waals surface area (Å²) < 4.78 is 0. The minimum Gasteiger partial charge on any atom is -0.361 e. The number of nitrogens with zero attached hydrogens (tertiary/aromatic N) is 1. The Morgan fingerprint density at radius 2 is 1.90 bits per heavy atom. The maximum absolute atomic E-state index is 4.25. The van der Waals surface area contributed by atoms with Gasteiger partial charge >= 0.3 is 0 Å². The lowest BCUT2D eigenvalue weighted by Gasteiger charge is -1.99. The molecular weight excluding hydrogens is 266 g/mol. The lowest BCUT2D eigenvalue weighted by atomic mass is 10.2. The number of nitrogens with one attached hydrogen (secondary N) is 2. The first-order chi connectivity index (χ1) is 9.83. The number of rotatable bonds is 4. The fourth-order valence-corrected chi connectivity index (χ4v) is 2.47. The van der Waals surface area contributed by atoms with Crippen LogP contribution in [0.15, 0.2) is 64.7 Å². The van der Waals surface area contributed by atoms with Gasteiger partial charge in [0, 0.05) is 39.5 Å². The molecule has 0 radical (unpaired) electrons. The van der Waals surface area contributed by atoms with Crippen LogP contribution in [0.3, 0.4) is 0 Å². The molecule has 0 saturated carbocycles. The van der Waals surface area contributed by atoms with Crippen molar-refractivity contribution in [1.29, 1.82) is 0 Å². The van der Waals surface area contributed by atoms with Gasteiger partial charge in [-0.3, -0.25) is 0 Å². The minimum atomic E-state index is 1.08. The number of aromatic amines is 1. The molecule has 4 heteroatoms. The Labute approximate surface area is 122 Å². The van der Waals surface area contributed by atoms with Gasteiger partial charge in [0.25, 0.3) is 0 Å². The largest absolute Gasteiger partial charge is 0.361 e. The number of hydrogen-bond donors (Lipinski definition) is 2. The Balaban J connectivity index is 1.64. The van der Waals surface area contributed by atoms with Crippen LogP contribution in [-0.2, 0) is 0 Å². The summed E-state index contributed by atoms with van der Waals surface area (Å²) in [7, 11) is 0. The van der Waals surface area contributed by atoms with Crippen molar-refractivity contribution in [1.82, 2.24) is 9.82 Å². The number of aromatic nitrogens is 1. The van der Waals surface area contributed by atoms with Gasteiger partial charge in [-0.25, -0.2) is 4.83 Å². The van der Waals surface area contributed by atoms with E-state index in [-0.39, 0.29) is 0 Å². The predicted molar refractivity (Wildman–Crippen MR) is 86.1 cm³/mol. The number of H-pyrrole nitrogens is 1. The van der Waals surface area contributed by atoms with Crippen LogP contribution in [0.5, 0.6) is 0 Å². The molecule has 0 spiro atoms. The maximum Gasteiger partial charge on any atom is 0.0572 e. The minimum absolute atomic E-state index is 1.08. The molecule has 20 heavy (non-hydrogen) atoms. The average Bonchev–Trinajstić information content (AvgIpc) is 2.89. The van der Waals surface area contributed by atoms with Crippen LogP contribution < -0.4 is 4.83 Å². The number of aryl methyl sites for hydroxylation is 1. The zero-order valence-electron chi connectivity index (χ0n) is 11.1. The number of fused-ring (bicyclic) bond motifs is 1. The van der Waals surface area contributed by atoms with E-state index in [0.717, 1.165) is 16.0 Å². The molecule has 0 aliphatic carbocycles. The van der Waals surface area contributed by atoms with Gasteiger partial charge in [-0.05, 0) is 25.1 Å². The highest BCUT2D eigenvalue weighted by Gasteiger charge is 1.99. The Bertz CT molecular complexity index is 729. The van der Waals surface area contributed by atoms with Gasteiger partial charge < -0.3 is 4.98 Å². The van der Waals surface area contributed by atoms with Crippen LogP contribution >= 0.6 is 11.9 Å². The van der Waals surface area contributed by atoms with Gasteiger partial charge in [-0.1, -0.05) is 35.9 Å². The quantitative estimate of drug-likeness (QED) is 0.429. The monoisotopic (exact) mass is 281 g/mol. The third-order valence-electron chi connectivity index (χ3n) is 3.06. The third-order valence-corrected chi connectivity index (χ3v) is 3.77. The zero-order chi connectivity index (χ0) is 13.8. The first kappa shape index (κ1) is 12.8. The Kier molecular flexibility index (Phi) is 3.74. The molecule has 0 fully saturated rings. The van der Waals surface area contributed by atoms with E-state index in [1.807, 2.05) is 24.5 Å². The van der Waals surface area contributed by atoms with Gasteiger partial charge in [-0.15, -0.1) is 0 Å². The molecule has 100 valence electrons. The van der Waals surface area contributed by atoms with Crippen LogP contribution in [-0.4, -0.2) is 11.2 Å². The second kappa shape index (κ2) is 5.84. The molecule has 3 aromatic rings. The third kappa shape index (κ3) is 2.86. The van der Waals surface area contributed by atoms with Gasteiger partial charge in [-0.2, -0.15) is 5.10 Å². The van der Waals surface area contributed by atoms with E-state index in [1.165, 1.54) is 22.9 Å². The summed E-state index contributed by atoms with van der Waals surface area (Å²) in [4.78, 5) is 7.37. The lowest BCUT2D eigenvalue weighted by molar-refractivity contribution is 1.12. The van der Waals surface area contributed by atoms with Crippen molar-refractivity contribution in [2.24, 2.45) is 5.10 Å². The first-order valence-corrected chi connectivity index (χ1v) is 7.22. The van der Waals surface area contributed by atoms with Crippen molar-refractivity contribution in [2.45, 2.75) is 11.8 Å². The van der Waals surface area contributed by atoms with Crippen molar-refractivity contribution in [3.63, 3.8) is 0 Å². The summed E-state index contributed by atoms with van der Waals surface area (Å²) in [5.41, 5.74) is 3.47. The van der Waals surface area contributed by atoms with E-state index in [0.29, 0.717) is 0 Å². The number of para-hydroxylation sites is 1. The predicted octanol–water partition coefficient (Wildman–Crippen LogP) is 4.11. The van der Waals surface area contributed by atoms with Crippen molar-refractivity contribution in [2.75, 3.05) is 0 Å². The first-order valence-electron chi connectivity index (χ1n) is 6.40. The molecular formula is C16H15N3S. The summed E-state index contributed by atoms with van der Waals surface area (Å²) in [5, 5.41) is 5.43. The number of hydrazone groups is 1. The van der Waals surface area contributed by atoms with Gasteiger partial charge in [0.2, 0.25) is 0 Å². The maximum atomic E-state index is 4.25. The average molecular weight is 281 g/mol. The van der Waals surface area contributed by atoms with E-state index < -0.39 is 0 Å². The molecule has 0 bridgehead atoms. The molecule has 0 amide bonds. The van der Waals surface area contributed by atoms with Crippen molar-refractivity contribution in [3.05, 3.63) is 65.9 Å². The summed E-state index contributed by atoms with van der Waals surface area (Å²) in [6, 6.07) is 16.5. The second-order valence-electron chi connectivity index (χ2n) is 4.55. The molecule has 2 aromatic carbocycles. The van der Waals surface area contributed by atoms with Crippen LogP contribution in [0.1, 0.15) is 11.1 Å². The van der Waals surface area contributed by atoms with Crippen LogP contribution in [0.2, 0.25) is 0 Å². The molecule has 1 heterocycles. The highest BCUT2D eigenvalue weighted by Crippen LogP contribution is 2.17. The van der Waals surface area contributed by atoms with Crippen LogP contribution in [0, 0.1) is 6.92 Å². The molecule has 0 unspecified atom stereocenters. The van der Waals surface area contributed by atoms with E-state index in [4.69, 9.17) is 0 Å². The summed E-state index contributed by atoms with van der Waals surface area (Å²) in [6.45, 7) is 2.08. The normalized spacial score (nSPS) is 11.2. The molecule has 0 atom stereocenters. The van der Waals surface area contributed by atoms with E-state index in [9.17, 15) is 0 Å². The van der Waals surface area contributed by atoms with E-state index >= 15 is 0 Å². The smallest absolute Gasteiger partial charge is 0.0572 e. The topological polar surface area (TPSA) is 40.2 Å². The van der Waals surface area contributed by atoms with Crippen LogP contribution in [0.25, 0.3) is 10.9 Å². The second-order valence-corrected chi connectivity index (χ2v) is 5.41. The van der Waals surface area contributed by atoms with Crippen molar-refractivity contribution >= 4 is 29.1 Å². The molecule has 1 aromatic heterocycles. The molecule has 3 rings (SSSR count). The lowest BCUT2D eigenvalue weighted by Crippen LogP contribution is -1.93. The van der Waals surface area contributed by atoms with Gasteiger partial charge in [0.05, 0.1) is 6.21 Å². The molecule has 0 aliphatic rings. The molecule has 0 saturated heterocycles. The summed E-state index contributed by atoms with van der Waals surface area (Å²) in [6.07, 6.45) is 3.80. The summed E-state index contributed by atoms with van der Waals surface area (Å²) >= 11 is 1.50. The Hall–Kier alpha value is -2.20. The van der Waals surface area contributed by atoms with Crippen molar-refractivity contribution < 1.29 is 0 Å². The highest BCUT2D eigenvalue weighted by atomic mass is 32.2. The molecule has 2 N–H and O–H groups in total. The SMILES string of the molecule is Cc1ccc(SN/N=C/c2c[nH]c3ccccc23)cc1. The Morgan fingerprint density at radius 3 is 2.75 bits per heavy atom. The fraction of sp³-hybridized carbons (Fsp3) is 0.0625. The number of benzene rings is 2. The molecule has 3 nitrogen and oxygen atoms in total. The summed E-state index contributed by atoms with van der Waals surface area (Å²) in [5.74, 6) is 0. The zero-order valence-corrected chi connectivity index (χ0v) is 11.9. The number of hydrogen-bond acceptors (Lipinski definition) is 3. The molecule has 0 aliphatic heterocycles. The van der Waals surface area contributed by atoms with Gasteiger partial charge in [0.15, 0.2) is 0 Å². The Morgan fingerprint density at radius 1 is 1.10 bits per heavy atom.